The number of amides is 1. The van der Waals surface area contributed by atoms with E-state index in [-0.39, 0.29) is 13.2 Å². The number of rotatable bonds is 6. The van der Waals surface area contributed by atoms with Crippen LogP contribution in [0.15, 0.2) is 0 Å². The fraction of sp³-hybridized carbons (Fsp3) is 0.882. The van der Waals surface area contributed by atoms with Crippen LogP contribution in [-0.2, 0) is 23.7 Å². The minimum atomic E-state index is -0.886. The molecule has 2 unspecified atom stereocenters. The number of carbonyl (C=O) groups is 2. The van der Waals surface area contributed by atoms with Gasteiger partial charge in [0.2, 0.25) is 0 Å². The van der Waals surface area contributed by atoms with Crippen LogP contribution in [0, 0.1) is 0 Å². The first-order chi connectivity index (χ1) is 11.4. The molecule has 8 heteroatoms. The number of aliphatic hydroxyl groups is 1. The third kappa shape index (κ3) is 6.45. The van der Waals surface area contributed by atoms with Gasteiger partial charge in [-0.05, 0) is 41.0 Å². The molecule has 0 aromatic heterocycles. The molecule has 0 radical (unpaired) electrons. The van der Waals surface area contributed by atoms with E-state index in [2.05, 4.69) is 0 Å². The van der Waals surface area contributed by atoms with Crippen molar-refractivity contribution in [1.29, 1.82) is 0 Å². The number of hydrogen-bond acceptors (Lipinski definition) is 7. The molecule has 1 rings (SSSR count). The topological polar surface area (TPSA) is 94.5 Å². The molecule has 8 nitrogen and oxygen atoms in total. The minimum absolute atomic E-state index is 0.0461. The lowest BCUT2D eigenvalue weighted by molar-refractivity contribution is -0.228. The molecule has 0 aromatic carbocycles. The first kappa shape index (κ1) is 21.7. The van der Waals surface area contributed by atoms with E-state index >= 15 is 0 Å². The molecular weight excluding hydrogens is 330 g/mol. The third-order valence-corrected chi connectivity index (χ3v) is 3.88. The Morgan fingerprint density at radius 2 is 1.80 bits per heavy atom. The second-order valence-corrected chi connectivity index (χ2v) is 7.59. The van der Waals surface area contributed by atoms with Crippen LogP contribution in [0.4, 0.5) is 4.79 Å². The fourth-order valence-corrected chi connectivity index (χ4v) is 2.68. The number of hydrogen-bond donors (Lipinski definition) is 1. The number of methoxy groups -OCH3 is 1. The Hall–Kier alpha value is -1.38. The maximum absolute atomic E-state index is 12.6. The van der Waals surface area contributed by atoms with Gasteiger partial charge in [0.25, 0.3) is 0 Å². The number of esters is 1. The Morgan fingerprint density at radius 1 is 1.20 bits per heavy atom. The highest BCUT2D eigenvalue weighted by Gasteiger charge is 2.48. The summed E-state index contributed by atoms with van der Waals surface area (Å²) in [5, 5.41) is 9.71. The van der Waals surface area contributed by atoms with Crippen molar-refractivity contribution in [3.8, 4) is 0 Å². The minimum Gasteiger partial charge on any atom is -0.464 e. The Balaban J connectivity index is 3.06. The molecule has 1 saturated heterocycles. The number of nitrogens with zero attached hydrogens (tertiary/aromatic N) is 1. The molecule has 1 aliphatic rings. The van der Waals surface area contributed by atoms with E-state index in [0.29, 0.717) is 6.42 Å². The maximum atomic E-state index is 12.6. The Kier molecular flexibility index (Phi) is 7.22. The summed E-state index contributed by atoms with van der Waals surface area (Å²) in [5.41, 5.74) is -0.687. The van der Waals surface area contributed by atoms with E-state index in [4.69, 9.17) is 18.9 Å². The molecular formula is C17H31NO7. The van der Waals surface area contributed by atoms with Crippen molar-refractivity contribution in [1.82, 2.24) is 4.90 Å². The first-order valence-electron chi connectivity index (χ1n) is 8.38. The molecule has 1 amide bonds. The summed E-state index contributed by atoms with van der Waals surface area (Å²) in [6.45, 7) is 9.79. The van der Waals surface area contributed by atoms with Crippen LogP contribution in [0.2, 0.25) is 0 Å². The van der Waals surface area contributed by atoms with Crippen molar-refractivity contribution in [2.24, 2.45) is 0 Å². The molecule has 146 valence electrons. The van der Waals surface area contributed by atoms with Crippen LogP contribution in [-0.4, -0.2) is 72.0 Å². The van der Waals surface area contributed by atoms with Crippen molar-refractivity contribution in [2.75, 3.05) is 20.3 Å². The van der Waals surface area contributed by atoms with Crippen LogP contribution in [0.1, 0.15) is 48.0 Å². The largest absolute Gasteiger partial charge is 0.464 e. The molecule has 1 fully saturated rings. The zero-order chi connectivity index (χ0) is 19.4. The van der Waals surface area contributed by atoms with Gasteiger partial charge >= 0.3 is 12.1 Å². The third-order valence-electron chi connectivity index (χ3n) is 3.88. The van der Waals surface area contributed by atoms with Gasteiger partial charge in [-0.2, -0.15) is 0 Å². The van der Waals surface area contributed by atoms with E-state index < -0.39 is 41.6 Å². The molecule has 0 spiro atoms. The van der Waals surface area contributed by atoms with Crippen molar-refractivity contribution in [3.05, 3.63) is 0 Å². The number of carbonyl (C=O) groups excluding carboxylic acids is 2. The van der Waals surface area contributed by atoms with E-state index in [9.17, 15) is 14.7 Å². The highest BCUT2D eigenvalue weighted by atomic mass is 16.7. The summed E-state index contributed by atoms with van der Waals surface area (Å²) in [5.74, 6) is -1.34. The molecule has 3 atom stereocenters. The second-order valence-electron chi connectivity index (χ2n) is 7.59. The number of ether oxygens (including phenoxy) is 4. The second kappa shape index (κ2) is 8.33. The zero-order valence-electron chi connectivity index (χ0n) is 16.2. The highest BCUT2D eigenvalue weighted by Crippen LogP contribution is 2.32. The van der Waals surface area contributed by atoms with Crippen molar-refractivity contribution >= 4 is 12.1 Å². The monoisotopic (exact) mass is 361 g/mol. The lowest BCUT2D eigenvalue weighted by Crippen LogP contribution is -2.50. The average Bonchev–Trinajstić information content (AvgIpc) is 2.80. The number of aliphatic hydroxyl groups excluding tert-OH is 1. The van der Waals surface area contributed by atoms with Gasteiger partial charge in [-0.1, -0.05) is 0 Å². The predicted molar refractivity (Wildman–Crippen MR) is 89.9 cm³/mol. The van der Waals surface area contributed by atoms with E-state index in [1.807, 2.05) is 0 Å². The van der Waals surface area contributed by atoms with Crippen molar-refractivity contribution in [3.63, 3.8) is 0 Å². The van der Waals surface area contributed by atoms with E-state index in [0.717, 1.165) is 0 Å². The lowest BCUT2D eigenvalue weighted by atomic mass is 10.1. The van der Waals surface area contributed by atoms with Gasteiger partial charge in [0.15, 0.2) is 5.79 Å². The summed E-state index contributed by atoms with van der Waals surface area (Å²) >= 11 is 0. The Morgan fingerprint density at radius 3 is 2.24 bits per heavy atom. The SMILES string of the molecule is COC(C)(C)O[C@@H]1CC(CO)N(C(=O)OC(C)(C)C)C1COC(C)=O. The standard InChI is InChI=1S/C17H31NO7/c1-11(20)23-10-13-14(24-17(5,6)22-7)8-12(9-19)18(13)15(21)25-16(2,3)4/h12-14,19H,8-10H2,1-7H3/t12?,13?,14-/m1/s1. The van der Waals surface area contributed by atoms with Crippen LogP contribution in [0.25, 0.3) is 0 Å². The van der Waals surface area contributed by atoms with Gasteiger partial charge in [-0.3, -0.25) is 9.69 Å². The van der Waals surface area contributed by atoms with Crippen LogP contribution in [0.3, 0.4) is 0 Å². The van der Waals surface area contributed by atoms with Crippen LogP contribution < -0.4 is 0 Å². The van der Waals surface area contributed by atoms with Gasteiger partial charge in [-0.25, -0.2) is 4.79 Å². The van der Waals surface area contributed by atoms with Gasteiger partial charge < -0.3 is 24.1 Å². The lowest BCUT2D eigenvalue weighted by Gasteiger charge is -2.34. The molecule has 1 heterocycles. The Labute approximate surface area is 149 Å². The molecule has 0 bridgehead atoms. The molecule has 0 aromatic rings. The number of likely N-dealkylation sites (tertiary alicyclic amines) is 1. The molecule has 1 aliphatic heterocycles. The normalized spacial score (nSPS) is 24.3. The van der Waals surface area contributed by atoms with Gasteiger partial charge in [0.1, 0.15) is 12.2 Å². The smallest absolute Gasteiger partial charge is 0.411 e. The molecule has 1 N–H and O–H groups in total. The van der Waals surface area contributed by atoms with Gasteiger partial charge in [-0.15, -0.1) is 0 Å². The van der Waals surface area contributed by atoms with Gasteiger partial charge in [0, 0.05) is 14.0 Å². The zero-order valence-corrected chi connectivity index (χ0v) is 16.2. The summed E-state index contributed by atoms with van der Waals surface area (Å²) in [4.78, 5) is 25.3. The molecule has 0 saturated carbocycles. The quantitative estimate of drug-likeness (QED) is 0.568. The average molecular weight is 361 g/mol. The van der Waals surface area contributed by atoms with E-state index in [1.165, 1.54) is 18.9 Å². The first-order valence-corrected chi connectivity index (χ1v) is 8.38. The van der Waals surface area contributed by atoms with Crippen LogP contribution >= 0.6 is 0 Å². The molecule has 0 aliphatic carbocycles. The summed E-state index contributed by atoms with van der Waals surface area (Å²) in [6, 6.07) is -1.07. The highest BCUT2D eigenvalue weighted by molar-refractivity contribution is 5.70. The summed E-state index contributed by atoms with van der Waals surface area (Å²) in [6.07, 6.45) is -0.668. The van der Waals surface area contributed by atoms with Gasteiger partial charge in [0.05, 0.1) is 24.8 Å². The Bertz CT molecular complexity index is 472. The summed E-state index contributed by atoms with van der Waals surface area (Å²) in [7, 11) is 1.52. The van der Waals surface area contributed by atoms with Crippen molar-refractivity contribution < 1.29 is 33.6 Å². The molecule has 25 heavy (non-hydrogen) atoms. The summed E-state index contributed by atoms with van der Waals surface area (Å²) < 4.78 is 21.8. The fourth-order valence-electron chi connectivity index (χ4n) is 2.68. The van der Waals surface area contributed by atoms with Crippen molar-refractivity contribution in [2.45, 2.75) is 77.5 Å². The predicted octanol–water partition coefficient (Wildman–Crippen LogP) is 1.69. The van der Waals surface area contributed by atoms with Crippen LogP contribution in [0.5, 0.6) is 0 Å². The maximum Gasteiger partial charge on any atom is 0.411 e. The van der Waals surface area contributed by atoms with E-state index in [1.54, 1.807) is 34.6 Å².